The molecule has 1 saturated heterocycles. The molecular weight excluding hydrogens is 412 g/mol. The zero-order valence-corrected chi connectivity index (χ0v) is 17.0. The molecule has 0 amide bonds. The summed E-state index contributed by atoms with van der Waals surface area (Å²) in [5.74, 6) is -2.53. The molecule has 30 heavy (non-hydrogen) atoms. The molecule has 4 rings (SSSR count). The Hall–Kier alpha value is -2.44. The number of benzene rings is 2. The summed E-state index contributed by atoms with van der Waals surface area (Å²) in [5, 5.41) is 12.7. The standard InChI is InChI=1S/C23H22ClF2NO3/c24-21-17(25)8-9-18(26)22(21)30-11-1-2-13-3-5-14(6-4-13)16-12-15-7-10-19(27-15)20(16)23(28)29/h3-6,8-9,15,19,27H,1-2,7,10-12H2,(H,28,29)/t15-,19?/m0/s1. The molecule has 2 aliphatic rings. The van der Waals surface area contributed by atoms with E-state index in [4.69, 9.17) is 16.3 Å². The molecule has 4 nitrogen and oxygen atoms in total. The predicted molar refractivity (Wildman–Crippen MR) is 111 cm³/mol. The van der Waals surface area contributed by atoms with Crippen molar-refractivity contribution < 1.29 is 23.4 Å². The van der Waals surface area contributed by atoms with Gasteiger partial charge in [-0.25, -0.2) is 13.6 Å². The number of carboxylic acid groups (broad SMARTS) is 1. The molecule has 2 heterocycles. The molecule has 7 heteroatoms. The first kappa shape index (κ1) is 20.8. The fourth-order valence-corrected chi connectivity index (χ4v) is 4.50. The van der Waals surface area contributed by atoms with E-state index in [1.54, 1.807) is 0 Å². The number of hydrogen-bond donors (Lipinski definition) is 2. The molecule has 0 aliphatic carbocycles. The highest BCUT2D eigenvalue weighted by Crippen LogP contribution is 2.37. The number of halogens is 3. The van der Waals surface area contributed by atoms with Gasteiger partial charge in [0, 0.05) is 12.1 Å². The van der Waals surface area contributed by atoms with Crippen LogP contribution in [0.1, 0.15) is 36.8 Å². The van der Waals surface area contributed by atoms with Gasteiger partial charge >= 0.3 is 5.97 Å². The van der Waals surface area contributed by atoms with E-state index in [0.717, 1.165) is 48.1 Å². The lowest BCUT2D eigenvalue weighted by atomic mass is 9.89. The quantitative estimate of drug-likeness (QED) is 0.477. The average Bonchev–Trinajstić information content (AvgIpc) is 3.10. The van der Waals surface area contributed by atoms with Crippen LogP contribution in [0, 0.1) is 11.6 Å². The molecule has 1 fully saturated rings. The average molecular weight is 434 g/mol. The smallest absolute Gasteiger partial charge is 0.333 e. The Morgan fingerprint density at radius 1 is 1.13 bits per heavy atom. The van der Waals surface area contributed by atoms with Gasteiger partial charge in [-0.1, -0.05) is 35.9 Å². The van der Waals surface area contributed by atoms with Crippen LogP contribution in [0.15, 0.2) is 42.0 Å². The van der Waals surface area contributed by atoms with Gasteiger partial charge in [-0.2, -0.15) is 0 Å². The van der Waals surface area contributed by atoms with E-state index in [-0.39, 0.29) is 23.4 Å². The van der Waals surface area contributed by atoms with Gasteiger partial charge in [0.05, 0.1) is 12.2 Å². The van der Waals surface area contributed by atoms with Gasteiger partial charge in [0.1, 0.15) is 10.8 Å². The number of ether oxygens (including phenoxy) is 1. The van der Waals surface area contributed by atoms with Crippen molar-refractivity contribution in [1.82, 2.24) is 5.32 Å². The summed E-state index contributed by atoms with van der Waals surface area (Å²) in [5.41, 5.74) is 3.40. The van der Waals surface area contributed by atoms with Crippen LogP contribution in [0.2, 0.25) is 5.02 Å². The second kappa shape index (κ2) is 8.74. The number of carbonyl (C=O) groups is 1. The van der Waals surface area contributed by atoms with Crippen LogP contribution in [0.3, 0.4) is 0 Å². The maximum absolute atomic E-state index is 13.7. The van der Waals surface area contributed by atoms with Crippen LogP contribution >= 0.6 is 11.6 Å². The second-order valence-corrected chi connectivity index (χ2v) is 8.09. The summed E-state index contributed by atoms with van der Waals surface area (Å²) >= 11 is 5.75. The van der Waals surface area contributed by atoms with E-state index in [0.29, 0.717) is 24.5 Å². The maximum atomic E-state index is 13.7. The first-order chi connectivity index (χ1) is 14.4. The van der Waals surface area contributed by atoms with Gasteiger partial charge in [-0.3, -0.25) is 0 Å². The third-order valence-electron chi connectivity index (χ3n) is 5.76. The highest BCUT2D eigenvalue weighted by Gasteiger charge is 2.37. The zero-order valence-electron chi connectivity index (χ0n) is 16.3. The van der Waals surface area contributed by atoms with Crippen molar-refractivity contribution in [2.24, 2.45) is 0 Å². The number of nitrogens with one attached hydrogen (secondary N) is 1. The molecule has 0 saturated carbocycles. The number of aryl methyl sites for hydroxylation is 1. The Balaban J connectivity index is 1.38. The molecule has 2 aliphatic heterocycles. The van der Waals surface area contributed by atoms with E-state index >= 15 is 0 Å². The molecule has 0 spiro atoms. The summed E-state index contributed by atoms with van der Waals surface area (Å²) < 4.78 is 32.5. The van der Waals surface area contributed by atoms with Gasteiger partial charge in [-0.05, 0) is 60.9 Å². The van der Waals surface area contributed by atoms with E-state index in [9.17, 15) is 18.7 Å². The number of aliphatic carboxylic acids is 1. The highest BCUT2D eigenvalue weighted by atomic mass is 35.5. The first-order valence-corrected chi connectivity index (χ1v) is 10.4. The van der Waals surface area contributed by atoms with Crippen LogP contribution in [-0.4, -0.2) is 29.8 Å². The van der Waals surface area contributed by atoms with Crippen molar-refractivity contribution in [3.8, 4) is 5.75 Å². The minimum Gasteiger partial charge on any atom is -0.489 e. The van der Waals surface area contributed by atoms with Crippen LogP contribution < -0.4 is 10.1 Å². The highest BCUT2D eigenvalue weighted by molar-refractivity contribution is 6.32. The molecule has 2 N–H and O–H groups in total. The zero-order chi connectivity index (χ0) is 21.3. The number of rotatable bonds is 7. The van der Waals surface area contributed by atoms with Crippen molar-refractivity contribution in [1.29, 1.82) is 0 Å². The minimum absolute atomic E-state index is 0.0666. The van der Waals surface area contributed by atoms with E-state index < -0.39 is 17.6 Å². The molecule has 2 aromatic carbocycles. The van der Waals surface area contributed by atoms with Gasteiger partial charge in [0.15, 0.2) is 11.6 Å². The summed E-state index contributed by atoms with van der Waals surface area (Å²) in [7, 11) is 0. The number of carboxylic acids is 1. The van der Waals surface area contributed by atoms with Crippen molar-refractivity contribution >= 4 is 23.1 Å². The Bertz CT molecular complexity index is 991. The topological polar surface area (TPSA) is 58.6 Å². The molecule has 1 unspecified atom stereocenters. The molecule has 2 bridgehead atoms. The lowest BCUT2D eigenvalue weighted by molar-refractivity contribution is -0.133. The molecule has 0 aromatic heterocycles. The van der Waals surface area contributed by atoms with Gasteiger partial charge in [0.2, 0.25) is 0 Å². The Kier molecular flexibility index (Phi) is 6.06. The molecule has 0 radical (unpaired) electrons. The van der Waals surface area contributed by atoms with Gasteiger partial charge in [0.25, 0.3) is 0 Å². The SMILES string of the molecule is O=C(O)C1=C(c2ccc(CCCOc3c(F)ccc(F)c3Cl)cc2)C[C@@H]2CCC1N2. The van der Waals surface area contributed by atoms with Gasteiger partial charge < -0.3 is 15.2 Å². The Morgan fingerprint density at radius 2 is 1.87 bits per heavy atom. The monoisotopic (exact) mass is 433 g/mol. The summed E-state index contributed by atoms with van der Waals surface area (Å²) in [6, 6.07) is 10.1. The number of fused-ring (bicyclic) bond motifs is 2. The summed E-state index contributed by atoms with van der Waals surface area (Å²) in [4.78, 5) is 11.8. The second-order valence-electron chi connectivity index (χ2n) is 7.72. The van der Waals surface area contributed by atoms with Crippen LogP contribution in [0.4, 0.5) is 8.78 Å². The summed E-state index contributed by atoms with van der Waals surface area (Å²) in [6.07, 6.45) is 3.88. The lowest BCUT2D eigenvalue weighted by Gasteiger charge is -2.26. The van der Waals surface area contributed by atoms with Crippen molar-refractivity contribution in [2.45, 2.75) is 44.2 Å². The number of hydrogen-bond acceptors (Lipinski definition) is 3. The van der Waals surface area contributed by atoms with E-state index in [1.165, 1.54) is 0 Å². The Labute approximate surface area is 178 Å². The molecule has 2 aromatic rings. The molecule has 158 valence electrons. The Morgan fingerprint density at radius 3 is 2.60 bits per heavy atom. The maximum Gasteiger partial charge on any atom is 0.333 e. The van der Waals surface area contributed by atoms with Crippen molar-refractivity contribution in [3.63, 3.8) is 0 Å². The van der Waals surface area contributed by atoms with Crippen molar-refractivity contribution in [2.75, 3.05) is 6.61 Å². The summed E-state index contributed by atoms with van der Waals surface area (Å²) in [6.45, 7) is 0.200. The van der Waals surface area contributed by atoms with Gasteiger partial charge in [-0.15, -0.1) is 0 Å². The fraction of sp³-hybridized carbons (Fsp3) is 0.348. The predicted octanol–water partition coefficient (Wildman–Crippen LogP) is 4.99. The normalized spacial score (nSPS) is 20.5. The van der Waals surface area contributed by atoms with Crippen LogP contribution in [0.25, 0.3) is 5.57 Å². The molecule has 2 atom stereocenters. The lowest BCUT2D eigenvalue weighted by Crippen LogP contribution is -2.38. The molecular formula is C23H22ClF2NO3. The largest absolute Gasteiger partial charge is 0.489 e. The third-order valence-corrected chi connectivity index (χ3v) is 6.11. The third kappa shape index (κ3) is 4.20. The van der Waals surface area contributed by atoms with Crippen LogP contribution in [-0.2, 0) is 11.2 Å². The fourth-order valence-electron chi connectivity index (χ4n) is 4.29. The minimum atomic E-state index is -0.854. The van der Waals surface area contributed by atoms with E-state index in [2.05, 4.69) is 5.32 Å². The first-order valence-electron chi connectivity index (χ1n) is 10.0. The van der Waals surface area contributed by atoms with E-state index in [1.807, 2.05) is 24.3 Å². The van der Waals surface area contributed by atoms with Crippen molar-refractivity contribution in [3.05, 3.63) is 69.8 Å². The van der Waals surface area contributed by atoms with Crippen LogP contribution in [0.5, 0.6) is 5.75 Å².